The number of nitrogens with one attached hydrogen (secondary N) is 1. The van der Waals surface area contributed by atoms with Crippen molar-refractivity contribution in [3.63, 3.8) is 0 Å². The molecule has 0 saturated heterocycles. The van der Waals surface area contributed by atoms with E-state index in [1.165, 1.54) is 0 Å². The Morgan fingerprint density at radius 2 is 2.00 bits per heavy atom. The van der Waals surface area contributed by atoms with Crippen LogP contribution < -0.4 is 5.32 Å². The second-order valence-corrected chi connectivity index (χ2v) is 2.60. The molecule has 0 amide bonds. The Morgan fingerprint density at radius 3 is 2.00 bits per heavy atom. The van der Waals surface area contributed by atoms with Crippen molar-refractivity contribution in [1.29, 1.82) is 0 Å². The van der Waals surface area contributed by atoms with Crippen LogP contribution in [0, 0.1) is 5.21 Å². The largest absolute Gasteiger partial charge is 0.781 e. The van der Waals surface area contributed by atoms with Crippen molar-refractivity contribution < 1.29 is 0 Å². The molecule has 0 fully saturated rings. The molecule has 0 heterocycles. The Hall–Kier alpha value is 0.310. The monoisotopic (exact) mass is 135 g/mol. The molecule has 0 aromatic rings. The molecule has 0 aliphatic heterocycles. The van der Waals surface area contributed by atoms with Gasteiger partial charge in [-0.05, 0) is 20.9 Å². The number of hydrogen-bond donors (Lipinski definition) is 1. The maximum atomic E-state index is 10.5. The lowest BCUT2D eigenvalue weighted by Crippen LogP contribution is -2.45. The first kappa shape index (κ1) is 8.31. The lowest BCUT2D eigenvalue weighted by molar-refractivity contribution is 0.266. The zero-order valence-corrected chi connectivity index (χ0v) is 6.59. The van der Waals surface area contributed by atoms with Crippen molar-refractivity contribution in [2.45, 2.75) is 19.5 Å². The quantitative estimate of drug-likeness (QED) is 0.341. The number of rotatable bonds is 2. The lowest BCUT2D eigenvalue weighted by Gasteiger charge is -2.39. The van der Waals surface area contributed by atoms with E-state index in [0.29, 0.717) is 0 Å². The van der Waals surface area contributed by atoms with E-state index in [1.807, 2.05) is 0 Å². The van der Waals surface area contributed by atoms with E-state index in [2.05, 4.69) is 14.7 Å². The highest BCUT2D eigenvalue weighted by Crippen LogP contribution is 2.11. The van der Waals surface area contributed by atoms with Gasteiger partial charge in [-0.25, -0.2) is 0 Å². The van der Waals surface area contributed by atoms with Gasteiger partial charge in [0.1, 0.15) is 0 Å². The van der Waals surface area contributed by atoms with E-state index in [9.17, 15) is 5.21 Å². The number of nitrogens with zero attached hydrogens (tertiary/aromatic N) is 1. The van der Waals surface area contributed by atoms with Crippen LogP contribution in [-0.4, -0.2) is 17.5 Å². The van der Waals surface area contributed by atoms with Crippen molar-refractivity contribution in [3.05, 3.63) is 5.21 Å². The van der Waals surface area contributed by atoms with Gasteiger partial charge in [-0.3, -0.25) is 0 Å². The molecule has 0 bridgehead atoms. The standard InChI is InChI=1S/C4H12N2OP/c1-4(2,5-3)6(7)8/h5H,8H2,1-3H3/q-1. The van der Waals surface area contributed by atoms with Crippen LogP contribution in [-0.2, 0) is 0 Å². The van der Waals surface area contributed by atoms with Gasteiger partial charge in [0.2, 0.25) is 0 Å². The van der Waals surface area contributed by atoms with E-state index in [4.69, 9.17) is 0 Å². The van der Waals surface area contributed by atoms with Gasteiger partial charge in [0.25, 0.3) is 0 Å². The molecule has 0 aromatic heterocycles. The number of hydrogen-bond acceptors (Lipinski definition) is 3. The van der Waals surface area contributed by atoms with Crippen LogP contribution in [0.3, 0.4) is 0 Å². The molecule has 0 spiro atoms. The third-order valence-electron chi connectivity index (χ3n) is 1.16. The third kappa shape index (κ3) is 2.05. The predicted octanol–water partition coefficient (Wildman–Crippen LogP) is 0.532. The first-order valence-corrected chi connectivity index (χ1v) is 2.93. The van der Waals surface area contributed by atoms with Crippen molar-refractivity contribution >= 4 is 9.39 Å². The van der Waals surface area contributed by atoms with E-state index in [1.54, 1.807) is 20.9 Å². The molecule has 50 valence electrons. The summed E-state index contributed by atoms with van der Waals surface area (Å²) < 4.78 is 0. The molecular weight excluding hydrogens is 123 g/mol. The van der Waals surface area contributed by atoms with Crippen LogP contribution in [0.15, 0.2) is 0 Å². The van der Waals surface area contributed by atoms with Gasteiger partial charge in [0.15, 0.2) is 0 Å². The first-order chi connectivity index (χ1) is 3.50. The zero-order chi connectivity index (χ0) is 6.78. The Labute approximate surface area is 52.3 Å². The van der Waals surface area contributed by atoms with Gasteiger partial charge in [-0.15, -0.1) is 0 Å². The second-order valence-electron chi connectivity index (χ2n) is 2.13. The van der Waals surface area contributed by atoms with Gasteiger partial charge in [-0.2, -0.15) is 0 Å². The van der Waals surface area contributed by atoms with Crippen LogP contribution in [0.2, 0.25) is 0 Å². The Bertz CT molecular complexity index is 74.4. The van der Waals surface area contributed by atoms with Gasteiger partial charge in [0, 0.05) is 0 Å². The average molecular weight is 135 g/mol. The van der Waals surface area contributed by atoms with E-state index in [0.717, 1.165) is 4.83 Å². The van der Waals surface area contributed by atoms with Gasteiger partial charge >= 0.3 is 0 Å². The highest BCUT2D eigenvalue weighted by atomic mass is 31.0. The van der Waals surface area contributed by atoms with Crippen molar-refractivity contribution in [3.8, 4) is 0 Å². The van der Waals surface area contributed by atoms with E-state index in [-0.39, 0.29) is 0 Å². The summed E-state index contributed by atoms with van der Waals surface area (Å²) in [6.07, 6.45) is 0. The molecule has 0 radical (unpaired) electrons. The average Bonchev–Trinajstić information content (AvgIpc) is 1.67. The summed E-state index contributed by atoms with van der Waals surface area (Å²) in [5, 5.41) is 13.3. The molecule has 0 saturated carbocycles. The van der Waals surface area contributed by atoms with Crippen LogP contribution in [0.5, 0.6) is 0 Å². The third-order valence-corrected chi connectivity index (χ3v) is 1.81. The summed E-state index contributed by atoms with van der Waals surface area (Å²) in [6.45, 7) is 3.60. The smallest absolute Gasteiger partial charge is 0.0566 e. The zero-order valence-electron chi connectivity index (χ0n) is 5.43. The molecule has 0 aliphatic carbocycles. The highest BCUT2D eigenvalue weighted by Gasteiger charge is 2.11. The first-order valence-electron chi connectivity index (χ1n) is 2.41. The van der Waals surface area contributed by atoms with Gasteiger partial charge < -0.3 is 15.4 Å². The summed E-state index contributed by atoms with van der Waals surface area (Å²) in [5.74, 6) is 0. The van der Waals surface area contributed by atoms with Crippen molar-refractivity contribution in [1.82, 2.24) is 10.2 Å². The van der Waals surface area contributed by atoms with Crippen LogP contribution in [0.4, 0.5) is 0 Å². The minimum Gasteiger partial charge on any atom is -0.781 e. The fraction of sp³-hybridized carbons (Fsp3) is 1.00. The molecule has 8 heavy (non-hydrogen) atoms. The topological polar surface area (TPSA) is 38.3 Å². The molecule has 1 unspecified atom stereocenters. The maximum absolute atomic E-state index is 10.5. The summed E-state index contributed by atoms with van der Waals surface area (Å²) in [6, 6.07) is 0. The lowest BCUT2D eigenvalue weighted by atomic mass is 10.3. The summed E-state index contributed by atoms with van der Waals surface area (Å²) in [5.41, 5.74) is -0.468. The van der Waals surface area contributed by atoms with Crippen molar-refractivity contribution in [2.75, 3.05) is 7.05 Å². The predicted molar refractivity (Wildman–Crippen MR) is 38.1 cm³/mol. The van der Waals surface area contributed by atoms with Crippen LogP contribution in [0.25, 0.3) is 0 Å². The van der Waals surface area contributed by atoms with Crippen LogP contribution >= 0.6 is 9.39 Å². The minimum absolute atomic E-state index is 0.468. The molecular formula is C4H12N2OP-. The molecule has 0 aliphatic rings. The molecule has 0 aromatic carbocycles. The minimum atomic E-state index is -0.468. The highest BCUT2D eigenvalue weighted by molar-refractivity contribution is 7.13. The van der Waals surface area contributed by atoms with Crippen LogP contribution in [0.1, 0.15) is 13.8 Å². The molecule has 0 rings (SSSR count). The summed E-state index contributed by atoms with van der Waals surface area (Å²) in [4.78, 5) is 0.799. The Kier molecular flexibility index (Phi) is 2.84. The fourth-order valence-corrected chi connectivity index (χ4v) is 0.239. The Morgan fingerprint density at radius 1 is 1.62 bits per heavy atom. The van der Waals surface area contributed by atoms with E-state index < -0.39 is 5.66 Å². The summed E-state index contributed by atoms with van der Waals surface area (Å²) in [7, 11) is 3.81. The second kappa shape index (κ2) is 2.74. The SMILES string of the molecule is CNC(C)(C)N([O-])P. The molecule has 1 atom stereocenters. The van der Waals surface area contributed by atoms with Crippen molar-refractivity contribution in [2.24, 2.45) is 0 Å². The molecule has 1 N–H and O–H groups in total. The van der Waals surface area contributed by atoms with E-state index >= 15 is 0 Å². The van der Waals surface area contributed by atoms with Gasteiger partial charge in [0.05, 0.1) is 5.66 Å². The molecule has 3 nitrogen and oxygen atoms in total. The normalized spacial score (nSPS) is 12.8. The maximum Gasteiger partial charge on any atom is 0.0566 e. The van der Waals surface area contributed by atoms with Gasteiger partial charge in [-0.1, -0.05) is 9.39 Å². The Balaban J connectivity index is 3.71. The molecule has 4 heteroatoms. The fourth-order valence-electron chi connectivity index (χ4n) is 0.110. The number of hydroxylamine groups is 1. The summed E-state index contributed by atoms with van der Waals surface area (Å²) >= 11 is 0.